The molecule has 0 unspecified atom stereocenters. The Hall–Kier alpha value is -1.64. The van der Waals surface area contributed by atoms with Crippen LogP contribution >= 0.6 is 0 Å². The van der Waals surface area contributed by atoms with Crippen molar-refractivity contribution in [1.82, 2.24) is 10.0 Å². The fourth-order valence-electron chi connectivity index (χ4n) is 2.61. The molecule has 1 saturated heterocycles. The van der Waals surface area contributed by atoms with E-state index in [0.717, 1.165) is 38.7 Å². The van der Waals surface area contributed by atoms with Gasteiger partial charge >= 0.3 is 6.03 Å². The molecule has 1 fully saturated rings. The van der Waals surface area contributed by atoms with Crippen molar-refractivity contribution in [3.8, 4) is 0 Å². The predicted molar refractivity (Wildman–Crippen MR) is 92.5 cm³/mol. The summed E-state index contributed by atoms with van der Waals surface area (Å²) in [5, 5.41) is 5.42. The van der Waals surface area contributed by atoms with Crippen LogP contribution in [0.1, 0.15) is 32.1 Å². The Morgan fingerprint density at radius 1 is 1.33 bits per heavy atom. The van der Waals surface area contributed by atoms with Gasteiger partial charge < -0.3 is 15.4 Å². The molecule has 134 valence electrons. The van der Waals surface area contributed by atoms with E-state index in [9.17, 15) is 13.2 Å². The second-order valence-corrected chi connectivity index (χ2v) is 7.63. The second kappa shape index (κ2) is 9.00. The molecular weight excluding hydrogens is 330 g/mol. The van der Waals surface area contributed by atoms with E-state index in [1.807, 2.05) is 0 Å². The van der Waals surface area contributed by atoms with Gasteiger partial charge in [0.25, 0.3) is 0 Å². The molecule has 0 aliphatic carbocycles. The van der Waals surface area contributed by atoms with Crippen LogP contribution < -0.4 is 15.4 Å². The molecule has 2 rings (SSSR count). The van der Waals surface area contributed by atoms with Gasteiger partial charge in [-0.1, -0.05) is 6.07 Å². The van der Waals surface area contributed by atoms with Gasteiger partial charge in [-0.15, -0.1) is 0 Å². The van der Waals surface area contributed by atoms with Crippen molar-refractivity contribution in [2.24, 2.45) is 0 Å². The Morgan fingerprint density at radius 3 is 2.88 bits per heavy atom. The van der Waals surface area contributed by atoms with Crippen LogP contribution in [-0.2, 0) is 14.8 Å². The molecule has 0 saturated carbocycles. The summed E-state index contributed by atoms with van der Waals surface area (Å²) in [4.78, 5) is 12.0. The Bertz CT molecular complexity index is 642. The van der Waals surface area contributed by atoms with Gasteiger partial charge in [0, 0.05) is 18.8 Å². The zero-order valence-electron chi connectivity index (χ0n) is 13.9. The van der Waals surface area contributed by atoms with Crippen LogP contribution in [0.3, 0.4) is 0 Å². The summed E-state index contributed by atoms with van der Waals surface area (Å²) in [6.07, 6.45) is 5.61. The first-order chi connectivity index (χ1) is 11.5. The van der Waals surface area contributed by atoms with Crippen LogP contribution in [0, 0.1) is 0 Å². The van der Waals surface area contributed by atoms with E-state index >= 15 is 0 Å². The quantitative estimate of drug-likeness (QED) is 0.622. The van der Waals surface area contributed by atoms with Gasteiger partial charge in [-0.3, -0.25) is 0 Å². The monoisotopic (exact) mass is 355 g/mol. The fourth-order valence-corrected chi connectivity index (χ4v) is 3.38. The molecule has 1 atom stereocenters. The van der Waals surface area contributed by atoms with Gasteiger partial charge in [-0.2, -0.15) is 0 Å². The summed E-state index contributed by atoms with van der Waals surface area (Å²) in [5.41, 5.74) is 0.434. The standard InChI is InChI=1S/C16H25N3O4S/c1-17-24(21,22)15-9-4-6-13(12-15)19-16(20)18-10-3-2-7-14-8-5-11-23-14/h4,6,9,12,14,17H,2-3,5,7-8,10-11H2,1H3,(H2,18,19,20)/t14-/m0/s1. The number of rotatable bonds is 8. The Balaban J connectivity index is 1.71. The number of hydrogen-bond acceptors (Lipinski definition) is 4. The molecule has 1 aromatic carbocycles. The molecule has 3 N–H and O–H groups in total. The van der Waals surface area contributed by atoms with E-state index in [-0.39, 0.29) is 10.9 Å². The van der Waals surface area contributed by atoms with E-state index in [4.69, 9.17) is 4.74 Å². The number of amides is 2. The van der Waals surface area contributed by atoms with Crippen molar-refractivity contribution in [2.75, 3.05) is 25.5 Å². The lowest BCUT2D eigenvalue weighted by Crippen LogP contribution is -2.29. The molecule has 0 aromatic heterocycles. The maximum atomic E-state index is 11.9. The Labute approximate surface area is 143 Å². The second-order valence-electron chi connectivity index (χ2n) is 5.75. The van der Waals surface area contributed by atoms with Gasteiger partial charge in [-0.25, -0.2) is 17.9 Å². The average Bonchev–Trinajstić information content (AvgIpc) is 3.08. The Kier molecular flexibility index (Phi) is 7.01. The number of carbonyl (C=O) groups is 1. The van der Waals surface area contributed by atoms with Crippen LogP contribution in [0.4, 0.5) is 10.5 Å². The highest BCUT2D eigenvalue weighted by Crippen LogP contribution is 2.17. The SMILES string of the molecule is CNS(=O)(=O)c1cccc(NC(=O)NCCCC[C@H]2CCCO2)c1. The van der Waals surface area contributed by atoms with Crippen molar-refractivity contribution >= 4 is 21.7 Å². The lowest BCUT2D eigenvalue weighted by atomic mass is 10.1. The summed E-state index contributed by atoms with van der Waals surface area (Å²) in [5.74, 6) is 0. The van der Waals surface area contributed by atoms with Gasteiger partial charge in [0.1, 0.15) is 0 Å². The molecule has 2 amide bonds. The minimum atomic E-state index is -3.52. The summed E-state index contributed by atoms with van der Waals surface area (Å²) in [6, 6.07) is 5.78. The molecule has 0 bridgehead atoms. The molecule has 24 heavy (non-hydrogen) atoms. The van der Waals surface area contributed by atoms with Crippen molar-refractivity contribution < 1.29 is 17.9 Å². The largest absolute Gasteiger partial charge is 0.378 e. The van der Waals surface area contributed by atoms with E-state index in [1.165, 1.54) is 19.2 Å². The third kappa shape index (κ3) is 5.77. The minimum Gasteiger partial charge on any atom is -0.378 e. The van der Waals surface area contributed by atoms with Crippen molar-refractivity contribution in [1.29, 1.82) is 0 Å². The van der Waals surface area contributed by atoms with Gasteiger partial charge in [0.15, 0.2) is 0 Å². The molecule has 8 heteroatoms. The number of urea groups is 1. The number of anilines is 1. The van der Waals surface area contributed by atoms with E-state index in [0.29, 0.717) is 18.3 Å². The van der Waals surface area contributed by atoms with Crippen LogP contribution in [0.15, 0.2) is 29.2 Å². The molecule has 0 radical (unpaired) electrons. The van der Waals surface area contributed by atoms with Gasteiger partial charge in [0.05, 0.1) is 11.0 Å². The van der Waals surface area contributed by atoms with Crippen LogP contribution in [-0.4, -0.2) is 40.8 Å². The number of carbonyl (C=O) groups excluding carboxylic acids is 1. The lowest BCUT2D eigenvalue weighted by molar-refractivity contribution is 0.102. The van der Waals surface area contributed by atoms with Crippen LogP contribution in [0.5, 0.6) is 0 Å². The number of unbranched alkanes of at least 4 members (excludes halogenated alkanes) is 1. The third-order valence-electron chi connectivity index (χ3n) is 3.93. The van der Waals surface area contributed by atoms with E-state index in [2.05, 4.69) is 15.4 Å². The number of ether oxygens (including phenoxy) is 1. The molecular formula is C16H25N3O4S. The van der Waals surface area contributed by atoms with Crippen molar-refractivity contribution in [2.45, 2.75) is 43.1 Å². The molecule has 1 aliphatic heterocycles. The summed E-state index contributed by atoms with van der Waals surface area (Å²) in [7, 11) is -2.18. The number of benzene rings is 1. The highest BCUT2D eigenvalue weighted by atomic mass is 32.2. The lowest BCUT2D eigenvalue weighted by Gasteiger charge is -2.10. The maximum Gasteiger partial charge on any atom is 0.319 e. The first kappa shape index (κ1) is 18.7. The highest BCUT2D eigenvalue weighted by molar-refractivity contribution is 7.89. The van der Waals surface area contributed by atoms with Crippen LogP contribution in [0.2, 0.25) is 0 Å². The van der Waals surface area contributed by atoms with Crippen molar-refractivity contribution in [3.63, 3.8) is 0 Å². The molecule has 0 spiro atoms. The topological polar surface area (TPSA) is 96.5 Å². The number of sulfonamides is 1. The van der Waals surface area contributed by atoms with E-state index < -0.39 is 10.0 Å². The first-order valence-corrected chi connectivity index (χ1v) is 9.69. The number of nitrogens with one attached hydrogen (secondary N) is 3. The Morgan fingerprint density at radius 2 is 2.17 bits per heavy atom. The summed E-state index contributed by atoms with van der Waals surface area (Å²) >= 11 is 0. The third-order valence-corrected chi connectivity index (χ3v) is 5.35. The normalized spacial score (nSPS) is 17.6. The molecule has 1 aliphatic rings. The zero-order chi connectivity index (χ0) is 17.4. The predicted octanol–water partition coefficient (Wildman–Crippen LogP) is 2.07. The maximum absolute atomic E-state index is 11.9. The molecule has 1 heterocycles. The average molecular weight is 355 g/mol. The first-order valence-electron chi connectivity index (χ1n) is 8.21. The van der Waals surface area contributed by atoms with Gasteiger partial charge in [0.2, 0.25) is 10.0 Å². The fraction of sp³-hybridized carbons (Fsp3) is 0.562. The molecule has 7 nitrogen and oxygen atoms in total. The van der Waals surface area contributed by atoms with Gasteiger partial charge in [-0.05, 0) is 57.4 Å². The number of hydrogen-bond donors (Lipinski definition) is 3. The smallest absolute Gasteiger partial charge is 0.319 e. The minimum absolute atomic E-state index is 0.111. The summed E-state index contributed by atoms with van der Waals surface area (Å²) in [6.45, 7) is 1.45. The summed E-state index contributed by atoms with van der Waals surface area (Å²) < 4.78 is 31.3. The highest BCUT2D eigenvalue weighted by Gasteiger charge is 2.14. The van der Waals surface area contributed by atoms with Crippen molar-refractivity contribution in [3.05, 3.63) is 24.3 Å². The van der Waals surface area contributed by atoms with Crippen LogP contribution in [0.25, 0.3) is 0 Å². The molecule has 1 aromatic rings. The van der Waals surface area contributed by atoms with E-state index in [1.54, 1.807) is 12.1 Å². The zero-order valence-corrected chi connectivity index (χ0v) is 14.7.